The van der Waals surface area contributed by atoms with Gasteiger partial charge in [-0.1, -0.05) is 25.3 Å². The van der Waals surface area contributed by atoms with Crippen molar-refractivity contribution >= 4 is 12.2 Å². The molecule has 2 amide bonds. The van der Waals surface area contributed by atoms with E-state index >= 15 is 0 Å². The van der Waals surface area contributed by atoms with Gasteiger partial charge >= 0.3 is 12.2 Å². The molecular weight excluding hydrogens is 276 g/mol. The van der Waals surface area contributed by atoms with Crippen LogP contribution in [0.5, 0.6) is 0 Å². The zero-order chi connectivity index (χ0) is 15.8. The molecule has 1 fully saturated rings. The maximum absolute atomic E-state index is 11.9. The van der Waals surface area contributed by atoms with Gasteiger partial charge in [-0.3, -0.25) is 0 Å². The third-order valence-electron chi connectivity index (χ3n) is 3.32. The second kappa shape index (κ2) is 8.31. The molecule has 0 unspecified atom stereocenters. The van der Waals surface area contributed by atoms with Gasteiger partial charge in [0.15, 0.2) is 0 Å². The maximum Gasteiger partial charge on any atom is 0.410 e. The van der Waals surface area contributed by atoms with Crippen molar-refractivity contribution in [2.45, 2.75) is 18.5 Å². The van der Waals surface area contributed by atoms with Crippen molar-refractivity contribution in [1.29, 1.82) is 0 Å². The number of aliphatic hydroxyl groups excluding tert-OH is 1. The Kier molecular flexibility index (Phi) is 6.74. The fourth-order valence-electron chi connectivity index (χ4n) is 2.16. The summed E-state index contributed by atoms with van der Waals surface area (Å²) in [5.41, 5.74) is 0. The van der Waals surface area contributed by atoms with E-state index in [4.69, 9.17) is 9.47 Å². The lowest BCUT2D eigenvalue weighted by Crippen LogP contribution is -2.41. The highest BCUT2D eigenvalue weighted by atomic mass is 16.6. The van der Waals surface area contributed by atoms with Crippen molar-refractivity contribution in [2.75, 3.05) is 33.4 Å². The third-order valence-corrected chi connectivity index (χ3v) is 3.32. The lowest BCUT2D eigenvalue weighted by Gasteiger charge is -2.24. The van der Waals surface area contributed by atoms with E-state index < -0.39 is 12.2 Å². The van der Waals surface area contributed by atoms with Gasteiger partial charge in [0.05, 0.1) is 18.7 Å². The van der Waals surface area contributed by atoms with Crippen molar-refractivity contribution in [3.05, 3.63) is 25.3 Å². The molecule has 0 radical (unpaired) electrons. The van der Waals surface area contributed by atoms with Crippen LogP contribution < -0.4 is 0 Å². The van der Waals surface area contributed by atoms with E-state index in [1.54, 1.807) is 7.05 Å². The van der Waals surface area contributed by atoms with Gasteiger partial charge in [0.25, 0.3) is 0 Å². The number of hydrogen-bond donors (Lipinski definition) is 1. The van der Waals surface area contributed by atoms with Crippen LogP contribution in [0.3, 0.4) is 0 Å². The first-order chi connectivity index (χ1) is 10.0. The van der Waals surface area contributed by atoms with Gasteiger partial charge in [-0.2, -0.15) is 0 Å². The van der Waals surface area contributed by atoms with Crippen LogP contribution in [0.4, 0.5) is 9.59 Å². The summed E-state index contributed by atoms with van der Waals surface area (Å²) in [6.07, 6.45) is 2.41. The molecule has 7 heteroatoms. The molecule has 0 aliphatic carbocycles. The fourth-order valence-corrected chi connectivity index (χ4v) is 2.16. The van der Waals surface area contributed by atoms with Crippen LogP contribution in [0.2, 0.25) is 0 Å². The minimum absolute atomic E-state index is 0.107. The Bertz CT molecular complexity index is 399. The summed E-state index contributed by atoms with van der Waals surface area (Å²) in [6, 6.07) is -0.599. The number of amides is 2. The first kappa shape index (κ1) is 17.0. The van der Waals surface area contributed by atoms with Crippen molar-refractivity contribution < 1.29 is 24.2 Å². The molecule has 0 saturated carbocycles. The zero-order valence-electron chi connectivity index (χ0n) is 12.2. The Morgan fingerprint density at radius 3 is 2.52 bits per heavy atom. The highest BCUT2D eigenvalue weighted by Crippen LogP contribution is 2.22. The largest absolute Gasteiger partial charge is 0.445 e. The van der Waals surface area contributed by atoms with Crippen LogP contribution in [0, 0.1) is 0 Å². The van der Waals surface area contributed by atoms with Gasteiger partial charge < -0.3 is 24.4 Å². The summed E-state index contributed by atoms with van der Waals surface area (Å²) in [5, 5.41) is 9.37. The normalized spacial score (nSPS) is 20.8. The summed E-state index contributed by atoms with van der Waals surface area (Å²) >= 11 is 0. The fraction of sp³-hybridized carbons (Fsp3) is 0.571. The third kappa shape index (κ3) is 4.49. The Labute approximate surface area is 124 Å². The molecule has 1 aliphatic rings. The summed E-state index contributed by atoms with van der Waals surface area (Å²) < 4.78 is 9.92. The number of hydrogen-bond acceptors (Lipinski definition) is 5. The van der Waals surface area contributed by atoms with Gasteiger partial charge in [-0.05, 0) is 6.42 Å². The number of rotatable bonds is 6. The van der Waals surface area contributed by atoms with E-state index in [9.17, 15) is 14.7 Å². The molecule has 0 aromatic rings. The Balaban J connectivity index is 2.63. The first-order valence-corrected chi connectivity index (χ1v) is 6.70. The van der Waals surface area contributed by atoms with Gasteiger partial charge in [-0.15, -0.1) is 0 Å². The molecule has 118 valence electrons. The van der Waals surface area contributed by atoms with E-state index in [2.05, 4.69) is 13.2 Å². The average Bonchev–Trinajstić information content (AvgIpc) is 2.93. The predicted octanol–water partition coefficient (Wildman–Crippen LogP) is 0.999. The van der Waals surface area contributed by atoms with Crippen molar-refractivity contribution in [2.24, 2.45) is 0 Å². The Hall–Kier alpha value is -2.02. The minimum atomic E-state index is -0.524. The van der Waals surface area contributed by atoms with Gasteiger partial charge in [0.1, 0.15) is 13.2 Å². The molecule has 1 aliphatic heterocycles. The minimum Gasteiger partial charge on any atom is -0.445 e. The lowest BCUT2D eigenvalue weighted by atomic mass is 10.1. The molecule has 1 N–H and O–H groups in total. The van der Waals surface area contributed by atoms with Crippen molar-refractivity contribution in [3.63, 3.8) is 0 Å². The number of carbonyl (C=O) groups is 2. The average molecular weight is 298 g/mol. The Morgan fingerprint density at radius 2 is 1.95 bits per heavy atom. The summed E-state index contributed by atoms with van der Waals surface area (Å²) in [6.45, 7) is 7.29. The number of likely N-dealkylation sites (N-methyl/N-ethyl adjacent to an activating group) is 1. The monoisotopic (exact) mass is 298 g/mol. The number of likely N-dealkylation sites (tertiary alicyclic amines) is 1. The quantitative estimate of drug-likeness (QED) is 0.740. The molecule has 0 aromatic heterocycles. The predicted molar refractivity (Wildman–Crippen MR) is 76.8 cm³/mol. The summed E-state index contributed by atoms with van der Waals surface area (Å²) in [4.78, 5) is 26.5. The standard InChI is InChI=1S/C14H22N2O5/c1-4-6-20-13(18)15(3)11-8-12(10-17)16(9-11)14(19)21-7-5-2/h4-5,11-12,17H,1-2,6-10H2,3H3/t11-,12-/m0/s1. The van der Waals surface area contributed by atoms with Gasteiger partial charge in [-0.25, -0.2) is 9.59 Å². The molecule has 7 nitrogen and oxygen atoms in total. The van der Waals surface area contributed by atoms with Crippen LogP contribution in [-0.2, 0) is 9.47 Å². The van der Waals surface area contributed by atoms with Crippen LogP contribution >= 0.6 is 0 Å². The topological polar surface area (TPSA) is 79.3 Å². The molecular formula is C14H22N2O5. The highest BCUT2D eigenvalue weighted by molar-refractivity contribution is 5.70. The maximum atomic E-state index is 11.9. The van der Waals surface area contributed by atoms with E-state index in [0.29, 0.717) is 13.0 Å². The van der Waals surface area contributed by atoms with Crippen molar-refractivity contribution in [3.8, 4) is 0 Å². The molecule has 0 spiro atoms. The molecule has 21 heavy (non-hydrogen) atoms. The second-order valence-corrected chi connectivity index (χ2v) is 4.72. The summed E-state index contributed by atoms with van der Waals surface area (Å²) in [7, 11) is 1.60. The van der Waals surface area contributed by atoms with Gasteiger partial charge in [0.2, 0.25) is 0 Å². The van der Waals surface area contributed by atoms with Crippen LogP contribution in [-0.4, -0.2) is 72.6 Å². The van der Waals surface area contributed by atoms with E-state index in [0.717, 1.165) is 0 Å². The summed E-state index contributed by atoms with van der Waals surface area (Å²) in [5.74, 6) is 0. The molecule has 1 heterocycles. The lowest BCUT2D eigenvalue weighted by molar-refractivity contribution is 0.0894. The highest BCUT2D eigenvalue weighted by Gasteiger charge is 2.39. The van der Waals surface area contributed by atoms with E-state index in [-0.39, 0.29) is 31.9 Å². The van der Waals surface area contributed by atoms with Crippen molar-refractivity contribution in [1.82, 2.24) is 9.80 Å². The Morgan fingerprint density at radius 1 is 1.33 bits per heavy atom. The SMILES string of the molecule is C=CCOC(=O)N(C)[C@H]1C[C@@H](CO)N(C(=O)OCC=C)C1. The number of carbonyl (C=O) groups excluding carboxylic acids is 2. The van der Waals surface area contributed by atoms with Gasteiger partial charge in [0, 0.05) is 13.6 Å². The van der Waals surface area contributed by atoms with Crippen LogP contribution in [0.15, 0.2) is 25.3 Å². The van der Waals surface area contributed by atoms with E-state index in [1.165, 1.54) is 22.0 Å². The molecule has 2 atom stereocenters. The van der Waals surface area contributed by atoms with Crippen LogP contribution in [0.1, 0.15) is 6.42 Å². The molecule has 1 rings (SSSR count). The second-order valence-electron chi connectivity index (χ2n) is 4.72. The first-order valence-electron chi connectivity index (χ1n) is 6.70. The van der Waals surface area contributed by atoms with Crippen LogP contribution in [0.25, 0.3) is 0 Å². The molecule has 1 saturated heterocycles. The molecule has 0 bridgehead atoms. The van der Waals surface area contributed by atoms with E-state index in [1.807, 2.05) is 0 Å². The smallest absolute Gasteiger partial charge is 0.410 e. The number of nitrogens with zero attached hydrogens (tertiary/aromatic N) is 2. The number of ether oxygens (including phenoxy) is 2. The molecule has 0 aromatic carbocycles. The number of aliphatic hydroxyl groups is 1. The zero-order valence-corrected chi connectivity index (χ0v) is 12.2.